The molecule has 0 radical (unpaired) electrons. The molecule has 0 bridgehead atoms. The van der Waals surface area contributed by atoms with Crippen LogP contribution in [0.1, 0.15) is 68.7 Å². The third-order valence-electron chi connectivity index (χ3n) is 6.94. The Morgan fingerprint density at radius 2 is 1.47 bits per heavy atom. The number of rotatable bonds is 12. The van der Waals surface area contributed by atoms with Crippen LogP contribution in [-0.2, 0) is 29.0 Å². The van der Waals surface area contributed by atoms with Crippen LogP contribution in [0.4, 0.5) is 0 Å². The minimum Gasteiger partial charge on any atom is -0.352 e. The molecule has 0 aromatic heterocycles. The van der Waals surface area contributed by atoms with Gasteiger partial charge in [0.25, 0.3) is 0 Å². The fourth-order valence-electron chi connectivity index (χ4n) is 4.31. The van der Waals surface area contributed by atoms with E-state index >= 15 is 0 Å². The summed E-state index contributed by atoms with van der Waals surface area (Å²) >= 11 is 13.0. The van der Waals surface area contributed by atoms with Crippen molar-refractivity contribution in [3.05, 3.63) is 105 Å². The lowest BCUT2D eigenvalue weighted by Crippen LogP contribution is -2.52. The molecule has 3 rings (SSSR count). The molecule has 0 aliphatic rings. The van der Waals surface area contributed by atoms with Crippen LogP contribution in [0.3, 0.4) is 0 Å². The molecule has 3 aromatic carbocycles. The van der Waals surface area contributed by atoms with Gasteiger partial charge in [-0.1, -0.05) is 105 Å². The fourth-order valence-corrected chi connectivity index (χ4v) is 4.83. The van der Waals surface area contributed by atoms with Crippen molar-refractivity contribution in [2.45, 2.75) is 77.9 Å². The Hall–Kier alpha value is -2.82. The molecule has 0 saturated carbocycles. The van der Waals surface area contributed by atoms with Gasteiger partial charge in [0.1, 0.15) is 6.04 Å². The van der Waals surface area contributed by atoms with Gasteiger partial charge in [0.05, 0.1) is 0 Å². The molecule has 38 heavy (non-hydrogen) atoms. The zero-order chi connectivity index (χ0) is 27.7. The van der Waals surface area contributed by atoms with Crippen LogP contribution in [0.25, 0.3) is 0 Å². The van der Waals surface area contributed by atoms with Crippen molar-refractivity contribution in [3.63, 3.8) is 0 Å². The van der Waals surface area contributed by atoms with Crippen molar-refractivity contribution >= 4 is 35.0 Å². The van der Waals surface area contributed by atoms with Gasteiger partial charge in [0.15, 0.2) is 0 Å². The quantitative estimate of drug-likeness (QED) is 0.251. The Kier molecular flexibility index (Phi) is 11.2. The normalized spacial score (nSPS) is 12.7. The number of hydrogen-bond donors (Lipinski definition) is 1. The Morgan fingerprint density at radius 1 is 0.842 bits per heavy atom. The first-order chi connectivity index (χ1) is 18.2. The van der Waals surface area contributed by atoms with Crippen LogP contribution in [0.2, 0.25) is 10.0 Å². The van der Waals surface area contributed by atoms with E-state index in [1.54, 1.807) is 23.1 Å². The zero-order valence-corrected chi connectivity index (χ0v) is 24.2. The number of carbonyl (C=O) groups excluding carboxylic acids is 2. The maximum absolute atomic E-state index is 13.9. The van der Waals surface area contributed by atoms with E-state index in [1.165, 1.54) is 5.56 Å². The topological polar surface area (TPSA) is 49.4 Å². The number of carbonyl (C=O) groups is 2. The SMILES string of the molecule is CC[C@@H](C)NC(=O)[C@@H](Cc1ccccc1)N(Cc1c(Cl)cccc1Cl)C(=O)CCc1ccc(C(C)C)cc1. The summed E-state index contributed by atoms with van der Waals surface area (Å²) in [7, 11) is 0. The Balaban J connectivity index is 1.93. The summed E-state index contributed by atoms with van der Waals surface area (Å²) in [5.74, 6) is 0.152. The summed E-state index contributed by atoms with van der Waals surface area (Å²) in [6.07, 6.45) is 2.03. The lowest BCUT2D eigenvalue weighted by atomic mass is 9.99. The van der Waals surface area contributed by atoms with Crippen LogP contribution in [0.5, 0.6) is 0 Å². The van der Waals surface area contributed by atoms with Crippen LogP contribution in [-0.4, -0.2) is 28.8 Å². The third kappa shape index (κ3) is 8.34. The first-order valence-electron chi connectivity index (χ1n) is 13.3. The highest BCUT2D eigenvalue weighted by Gasteiger charge is 2.31. The highest BCUT2D eigenvalue weighted by molar-refractivity contribution is 6.36. The number of aryl methyl sites for hydroxylation is 1. The second-order valence-electron chi connectivity index (χ2n) is 10.1. The Labute approximate surface area is 237 Å². The summed E-state index contributed by atoms with van der Waals surface area (Å²) in [6, 6.07) is 22.7. The van der Waals surface area contributed by atoms with E-state index in [4.69, 9.17) is 23.2 Å². The number of amides is 2. The van der Waals surface area contributed by atoms with Crippen molar-refractivity contribution in [1.29, 1.82) is 0 Å². The van der Waals surface area contributed by atoms with Crippen molar-refractivity contribution in [2.24, 2.45) is 0 Å². The maximum atomic E-state index is 13.9. The molecule has 0 fully saturated rings. The van der Waals surface area contributed by atoms with E-state index < -0.39 is 6.04 Å². The highest BCUT2D eigenvalue weighted by Crippen LogP contribution is 2.28. The molecule has 3 aromatic rings. The van der Waals surface area contributed by atoms with Gasteiger partial charge in [0.2, 0.25) is 11.8 Å². The number of nitrogens with zero attached hydrogens (tertiary/aromatic N) is 1. The average Bonchev–Trinajstić information content (AvgIpc) is 2.91. The van der Waals surface area contributed by atoms with Gasteiger partial charge in [-0.15, -0.1) is 0 Å². The predicted molar refractivity (Wildman–Crippen MR) is 158 cm³/mol. The van der Waals surface area contributed by atoms with Crippen molar-refractivity contribution in [3.8, 4) is 0 Å². The number of benzene rings is 3. The smallest absolute Gasteiger partial charge is 0.243 e. The van der Waals surface area contributed by atoms with E-state index in [9.17, 15) is 9.59 Å². The maximum Gasteiger partial charge on any atom is 0.243 e. The fraction of sp³-hybridized carbons (Fsp3) is 0.375. The van der Waals surface area contributed by atoms with Crippen LogP contribution < -0.4 is 5.32 Å². The first kappa shape index (κ1) is 29.7. The van der Waals surface area contributed by atoms with Crippen molar-refractivity contribution in [1.82, 2.24) is 10.2 Å². The second kappa shape index (κ2) is 14.4. The molecule has 0 spiro atoms. The summed E-state index contributed by atoms with van der Waals surface area (Å²) in [5.41, 5.74) is 3.96. The first-order valence-corrected chi connectivity index (χ1v) is 14.1. The molecule has 0 aliphatic heterocycles. The van der Waals surface area contributed by atoms with Crippen LogP contribution in [0.15, 0.2) is 72.8 Å². The number of nitrogens with one attached hydrogen (secondary N) is 1. The minimum absolute atomic E-state index is 0.0129. The number of halogens is 2. The molecule has 0 unspecified atom stereocenters. The van der Waals surface area contributed by atoms with Crippen molar-refractivity contribution in [2.75, 3.05) is 0 Å². The summed E-state index contributed by atoms with van der Waals surface area (Å²) in [5, 5.41) is 4.04. The molecule has 0 aliphatic carbocycles. The lowest BCUT2D eigenvalue weighted by molar-refractivity contribution is -0.141. The van der Waals surface area contributed by atoms with Crippen LogP contribution in [0, 0.1) is 0 Å². The molecule has 2 atom stereocenters. The summed E-state index contributed by atoms with van der Waals surface area (Å²) < 4.78 is 0. The van der Waals surface area contributed by atoms with E-state index in [0.717, 1.165) is 17.5 Å². The van der Waals surface area contributed by atoms with Gasteiger partial charge in [-0.25, -0.2) is 0 Å². The van der Waals surface area contributed by atoms with Gasteiger partial charge >= 0.3 is 0 Å². The van der Waals surface area contributed by atoms with Gasteiger partial charge in [0, 0.05) is 41.0 Å². The van der Waals surface area contributed by atoms with E-state index in [1.807, 2.05) is 44.2 Å². The largest absolute Gasteiger partial charge is 0.352 e. The standard InChI is InChI=1S/C32H38Cl2N2O2/c1-5-23(4)35-32(38)30(20-25-10-7-6-8-11-25)36(21-27-28(33)12-9-13-29(27)34)31(37)19-16-24-14-17-26(18-15-24)22(2)3/h6-15,17-18,22-23,30H,5,16,19-21H2,1-4H3,(H,35,38)/t23-,30-/m1/s1. The molecular formula is C32H38Cl2N2O2. The predicted octanol–water partition coefficient (Wildman–Crippen LogP) is 7.60. The lowest BCUT2D eigenvalue weighted by Gasteiger charge is -2.33. The molecule has 202 valence electrons. The van der Waals surface area contributed by atoms with Gasteiger partial charge < -0.3 is 10.2 Å². The van der Waals surface area contributed by atoms with Gasteiger partial charge in [-0.2, -0.15) is 0 Å². The molecule has 0 saturated heterocycles. The summed E-state index contributed by atoms with van der Waals surface area (Å²) in [4.78, 5) is 29.2. The molecular weight excluding hydrogens is 515 g/mol. The highest BCUT2D eigenvalue weighted by atomic mass is 35.5. The Bertz CT molecular complexity index is 1180. The van der Waals surface area contributed by atoms with E-state index in [2.05, 4.69) is 43.4 Å². The summed E-state index contributed by atoms with van der Waals surface area (Å²) in [6.45, 7) is 8.46. The minimum atomic E-state index is -0.713. The molecule has 6 heteroatoms. The number of hydrogen-bond acceptors (Lipinski definition) is 2. The van der Waals surface area contributed by atoms with E-state index in [-0.39, 0.29) is 30.8 Å². The molecule has 4 nitrogen and oxygen atoms in total. The van der Waals surface area contributed by atoms with Gasteiger partial charge in [-0.05, 0) is 54.5 Å². The molecule has 0 heterocycles. The second-order valence-corrected chi connectivity index (χ2v) is 11.0. The monoisotopic (exact) mass is 552 g/mol. The molecule has 1 N–H and O–H groups in total. The average molecular weight is 554 g/mol. The van der Waals surface area contributed by atoms with Gasteiger partial charge in [-0.3, -0.25) is 9.59 Å². The Morgan fingerprint density at radius 3 is 2.05 bits per heavy atom. The van der Waals surface area contributed by atoms with E-state index in [0.29, 0.717) is 34.4 Å². The molecule has 2 amide bonds. The van der Waals surface area contributed by atoms with Crippen LogP contribution >= 0.6 is 23.2 Å². The van der Waals surface area contributed by atoms with Crippen molar-refractivity contribution < 1.29 is 9.59 Å². The third-order valence-corrected chi connectivity index (χ3v) is 7.64. The zero-order valence-electron chi connectivity index (χ0n) is 22.7.